The van der Waals surface area contributed by atoms with Gasteiger partial charge in [-0.3, -0.25) is 0 Å². The third-order valence-corrected chi connectivity index (χ3v) is 2.94. The third-order valence-electron chi connectivity index (χ3n) is 2.94. The summed E-state index contributed by atoms with van der Waals surface area (Å²) in [5.41, 5.74) is 0.614. The molecule has 0 aromatic heterocycles. The van der Waals surface area contributed by atoms with E-state index in [1.165, 1.54) is 13.2 Å². The van der Waals surface area contributed by atoms with Crippen molar-refractivity contribution in [1.29, 1.82) is 0 Å². The highest BCUT2D eigenvalue weighted by Crippen LogP contribution is 2.22. The van der Waals surface area contributed by atoms with E-state index >= 15 is 0 Å². The lowest BCUT2D eigenvalue weighted by atomic mass is 10.1. The minimum Gasteiger partial charge on any atom is -0.491 e. The molecule has 2 atom stereocenters. The number of ether oxygens (including phenoxy) is 2. The molecule has 20 heavy (non-hydrogen) atoms. The summed E-state index contributed by atoms with van der Waals surface area (Å²) in [5, 5.41) is 12.7. The Morgan fingerprint density at radius 2 is 2.10 bits per heavy atom. The standard InChI is InChI=1S/C15H24FNO3/c1-4-7-17-11(2)14-6-5-13(8-15(14)16)20-10-12(18)9-19-3/h5-6,8,11-12,17-18H,4,7,9-10H2,1-3H3. The van der Waals surface area contributed by atoms with Crippen LogP contribution < -0.4 is 10.1 Å². The first kappa shape index (κ1) is 16.9. The quantitative estimate of drug-likeness (QED) is 0.731. The average Bonchev–Trinajstić information content (AvgIpc) is 2.43. The summed E-state index contributed by atoms with van der Waals surface area (Å²) in [6.07, 6.45) is 0.290. The van der Waals surface area contributed by atoms with Crippen molar-refractivity contribution < 1.29 is 19.0 Å². The van der Waals surface area contributed by atoms with Crippen molar-refractivity contribution in [2.24, 2.45) is 0 Å². The van der Waals surface area contributed by atoms with Gasteiger partial charge >= 0.3 is 0 Å². The molecule has 0 radical (unpaired) electrons. The number of hydrogen-bond acceptors (Lipinski definition) is 4. The molecule has 0 heterocycles. The molecule has 1 aromatic carbocycles. The number of rotatable bonds is 9. The van der Waals surface area contributed by atoms with Gasteiger partial charge in [0.25, 0.3) is 0 Å². The molecule has 4 nitrogen and oxygen atoms in total. The summed E-state index contributed by atoms with van der Waals surface area (Å²) in [5.74, 6) is 0.101. The summed E-state index contributed by atoms with van der Waals surface area (Å²) >= 11 is 0. The zero-order valence-electron chi connectivity index (χ0n) is 12.4. The lowest BCUT2D eigenvalue weighted by Gasteiger charge is -2.16. The number of aliphatic hydroxyl groups excluding tert-OH is 1. The highest BCUT2D eigenvalue weighted by Gasteiger charge is 2.12. The molecule has 0 saturated heterocycles. The van der Waals surface area contributed by atoms with Gasteiger partial charge in [0.1, 0.15) is 24.3 Å². The Labute approximate surface area is 119 Å². The fraction of sp³-hybridized carbons (Fsp3) is 0.600. The number of nitrogens with one attached hydrogen (secondary N) is 1. The van der Waals surface area contributed by atoms with E-state index in [2.05, 4.69) is 12.2 Å². The van der Waals surface area contributed by atoms with Crippen molar-refractivity contribution in [3.63, 3.8) is 0 Å². The zero-order valence-corrected chi connectivity index (χ0v) is 12.4. The minimum atomic E-state index is -0.715. The van der Waals surface area contributed by atoms with E-state index in [9.17, 15) is 9.50 Å². The molecule has 114 valence electrons. The molecular weight excluding hydrogens is 261 g/mol. The fourth-order valence-electron chi connectivity index (χ4n) is 1.85. The summed E-state index contributed by atoms with van der Waals surface area (Å²) < 4.78 is 24.1. The first-order chi connectivity index (χ1) is 9.58. The first-order valence-corrected chi connectivity index (χ1v) is 6.91. The van der Waals surface area contributed by atoms with Crippen LogP contribution in [0.4, 0.5) is 4.39 Å². The van der Waals surface area contributed by atoms with Crippen LogP contribution in [0.2, 0.25) is 0 Å². The number of aliphatic hydroxyl groups is 1. The first-order valence-electron chi connectivity index (χ1n) is 6.91. The lowest BCUT2D eigenvalue weighted by molar-refractivity contribution is 0.0324. The Balaban J connectivity index is 2.58. The minimum absolute atomic E-state index is 0.0388. The SMILES string of the molecule is CCCNC(C)c1ccc(OCC(O)COC)cc1F. The molecule has 0 spiro atoms. The van der Waals surface area contributed by atoms with Gasteiger partial charge < -0.3 is 19.9 Å². The molecule has 0 saturated carbocycles. The molecule has 0 aliphatic carbocycles. The van der Waals surface area contributed by atoms with Gasteiger partial charge in [0.05, 0.1) is 6.61 Å². The topological polar surface area (TPSA) is 50.7 Å². The van der Waals surface area contributed by atoms with Gasteiger partial charge in [-0.2, -0.15) is 0 Å². The van der Waals surface area contributed by atoms with Gasteiger partial charge in [-0.05, 0) is 26.0 Å². The predicted octanol–water partition coefficient (Wildman–Crippen LogP) is 2.27. The van der Waals surface area contributed by atoms with Crippen molar-refractivity contribution in [1.82, 2.24) is 5.32 Å². The Bertz CT molecular complexity index is 401. The summed E-state index contributed by atoms with van der Waals surface area (Å²) in [7, 11) is 1.50. The maximum absolute atomic E-state index is 14.0. The summed E-state index contributed by atoms with van der Waals surface area (Å²) in [4.78, 5) is 0. The number of methoxy groups -OCH3 is 1. The van der Waals surface area contributed by atoms with Gasteiger partial charge in [-0.25, -0.2) is 4.39 Å². The molecule has 5 heteroatoms. The summed E-state index contributed by atoms with van der Waals surface area (Å²) in [6, 6.07) is 4.73. The van der Waals surface area contributed by atoms with E-state index in [1.807, 2.05) is 6.92 Å². The van der Waals surface area contributed by atoms with Gasteiger partial charge in [0, 0.05) is 24.8 Å². The second kappa shape index (κ2) is 8.89. The van der Waals surface area contributed by atoms with Crippen LogP contribution >= 0.6 is 0 Å². The van der Waals surface area contributed by atoms with E-state index in [0.717, 1.165) is 13.0 Å². The molecule has 0 bridgehead atoms. The molecule has 0 fully saturated rings. The number of halogens is 1. The fourth-order valence-corrected chi connectivity index (χ4v) is 1.85. The highest BCUT2D eigenvalue weighted by molar-refractivity contribution is 5.30. The molecule has 0 aliphatic rings. The zero-order chi connectivity index (χ0) is 15.0. The number of benzene rings is 1. The van der Waals surface area contributed by atoms with Crippen molar-refractivity contribution in [3.05, 3.63) is 29.6 Å². The normalized spacial score (nSPS) is 14.1. The number of hydrogen-bond donors (Lipinski definition) is 2. The van der Waals surface area contributed by atoms with E-state index in [0.29, 0.717) is 11.3 Å². The van der Waals surface area contributed by atoms with Crippen molar-refractivity contribution in [3.8, 4) is 5.75 Å². The third kappa shape index (κ3) is 5.45. The molecule has 0 amide bonds. The molecular formula is C15H24FNO3. The smallest absolute Gasteiger partial charge is 0.131 e. The molecule has 2 N–H and O–H groups in total. The second-order valence-electron chi connectivity index (χ2n) is 4.78. The van der Waals surface area contributed by atoms with E-state index in [-0.39, 0.29) is 25.1 Å². The highest BCUT2D eigenvalue weighted by atomic mass is 19.1. The largest absolute Gasteiger partial charge is 0.491 e. The lowest BCUT2D eigenvalue weighted by Crippen LogP contribution is -2.23. The molecule has 1 rings (SSSR count). The van der Waals surface area contributed by atoms with Crippen LogP contribution in [0.1, 0.15) is 31.9 Å². The molecule has 1 aromatic rings. The van der Waals surface area contributed by atoms with Crippen LogP contribution in [0, 0.1) is 5.82 Å². The Morgan fingerprint density at radius 3 is 2.70 bits per heavy atom. The van der Waals surface area contributed by atoms with Gasteiger partial charge in [0.15, 0.2) is 0 Å². The van der Waals surface area contributed by atoms with Crippen LogP contribution in [-0.4, -0.2) is 38.1 Å². The van der Waals surface area contributed by atoms with Crippen LogP contribution in [-0.2, 0) is 4.74 Å². The van der Waals surface area contributed by atoms with Gasteiger partial charge in [-0.1, -0.05) is 13.0 Å². The Hall–Kier alpha value is -1.17. The van der Waals surface area contributed by atoms with Gasteiger partial charge in [-0.15, -0.1) is 0 Å². The van der Waals surface area contributed by atoms with Crippen molar-refractivity contribution >= 4 is 0 Å². The van der Waals surface area contributed by atoms with Crippen LogP contribution in [0.15, 0.2) is 18.2 Å². The maximum atomic E-state index is 14.0. The van der Waals surface area contributed by atoms with E-state index < -0.39 is 6.10 Å². The average molecular weight is 285 g/mol. The van der Waals surface area contributed by atoms with E-state index in [1.54, 1.807) is 12.1 Å². The Morgan fingerprint density at radius 1 is 1.35 bits per heavy atom. The van der Waals surface area contributed by atoms with Crippen molar-refractivity contribution in [2.45, 2.75) is 32.4 Å². The second-order valence-corrected chi connectivity index (χ2v) is 4.78. The van der Waals surface area contributed by atoms with Crippen LogP contribution in [0.3, 0.4) is 0 Å². The van der Waals surface area contributed by atoms with E-state index in [4.69, 9.17) is 9.47 Å². The summed E-state index contributed by atoms with van der Waals surface area (Å²) in [6.45, 7) is 5.12. The van der Waals surface area contributed by atoms with Gasteiger partial charge in [0.2, 0.25) is 0 Å². The monoisotopic (exact) mass is 285 g/mol. The predicted molar refractivity (Wildman–Crippen MR) is 76.5 cm³/mol. The van der Waals surface area contributed by atoms with Crippen molar-refractivity contribution in [2.75, 3.05) is 26.9 Å². The molecule has 0 aliphatic heterocycles. The van der Waals surface area contributed by atoms with Crippen LogP contribution in [0.5, 0.6) is 5.75 Å². The van der Waals surface area contributed by atoms with Crippen LogP contribution in [0.25, 0.3) is 0 Å². The molecule has 2 unspecified atom stereocenters. The maximum Gasteiger partial charge on any atom is 0.131 e. The Kier molecular flexibility index (Phi) is 7.51.